The van der Waals surface area contributed by atoms with E-state index in [0.29, 0.717) is 6.07 Å². The Kier molecular flexibility index (Phi) is 8.42. The van der Waals surface area contributed by atoms with E-state index in [4.69, 9.17) is 26.8 Å². The van der Waals surface area contributed by atoms with Crippen LogP contribution in [0.3, 0.4) is 0 Å². The van der Waals surface area contributed by atoms with Crippen LogP contribution in [0.2, 0.25) is 5.02 Å². The van der Waals surface area contributed by atoms with Gasteiger partial charge in [-0.15, -0.1) is 0 Å². The molecule has 3 rings (SSSR count). The highest BCUT2D eigenvalue weighted by Crippen LogP contribution is 2.40. The van der Waals surface area contributed by atoms with Crippen LogP contribution in [0.4, 0.5) is 22.0 Å². The predicted octanol–water partition coefficient (Wildman–Crippen LogP) is 3.73. The van der Waals surface area contributed by atoms with Gasteiger partial charge in [-0.1, -0.05) is 11.6 Å². The molecule has 1 atom stereocenters. The van der Waals surface area contributed by atoms with Crippen molar-refractivity contribution in [3.63, 3.8) is 0 Å². The van der Waals surface area contributed by atoms with Gasteiger partial charge in [0.15, 0.2) is 18.2 Å². The fraction of sp³-hybridized carbons (Fsp3) is 0.208. The highest BCUT2D eigenvalue weighted by Gasteiger charge is 2.56. The van der Waals surface area contributed by atoms with Crippen molar-refractivity contribution in [2.24, 2.45) is 5.73 Å². The lowest BCUT2D eigenvalue weighted by atomic mass is 9.96. The van der Waals surface area contributed by atoms with Crippen LogP contribution in [-0.2, 0) is 10.4 Å². The first-order valence-electron chi connectivity index (χ1n) is 10.6. The van der Waals surface area contributed by atoms with Gasteiger partial charge in [-0.25, -0.2) is 13.8 Å². The second-order valence-electron chi connectivity index (χ2n) is 7.82. The molecule has 1 aromatic heterocycles. The molecule has 0 saturated carbocycles. The molecular formula is C24H19ClF5N3O5. The van der Waals surface area contributed by atoms with Gasteiger partial charge in [0.2, 0.25) is 5.60 Å². The summed E-state index contributed by atoms with van der Waals surface area (Å²) in [7, 11) is 1.23. The molecule has 4 N–H and O–H groups in total. The lowest BCUT2D eigenvalue weighted by molar-refractivity contribution is -0.265. The van der Waals surface area contributed by atoms with E-state index in [1.165, 1.54) is 13.2 Å². The molecule has 0 aliphatic carbocycles. The van der Waals surface area contributed by atoms with Gasteiger partial charge in [0.05, 0.1) is 24.4 Å². The van der Waals surface area contributed by atoms with E-state index in [9.17, 15) is 36.6 Å². The number of nitrogens with zero attached hydrogens (tertiary/aromatic N) is 1. The Labute approximate surface area is 217 Å². The molecule has 1 heterocycles. The molecule has 0 aliphatic heterocycles. The molecule has 1 unspecified atom stereocenters. The second-order valence-corrected chi connectivity index (χ2v) is 8.22. The fourth-order valence-electron chi connectivity index (χ4n) is 3.25. The lowest BCUT2D eigenvalue weighted by Crippen LogP contribution is -2.51. The van der Waals surface area contributed by atoms with E-state index in [-0.39, 0.29) is 22.0 Å². The second kappa shape index (κ2) is 11.2. The van der Waals surface area contributed by atoms with Crippen LogP contribution in [0.5, 0.6) is 11.5 Å². The standard InChI is InChI=1S/C24H19ClF5N3O5/c1-37-18-6-7-19(33-21(18)12-2-4-15(26)14(25)8-12)23(36,24(28,29)30)11-32-22(35)13-3-5-17(16(27)9-13)38-10-20(31)34/h2-9,36H,10-11H2,1H3,(H2,31,34)(H,32,35). The number of nitrogens with two attached hydrogens (primary N) is 1. The molecule has 3 aromatic rings. The number of hydrogen-bond acceptors (Lipinski definition) is 6. The van der Waals surface area contributed by atoms with Crippen LogP contribution < -0.4 is 20.5 Å². The smallest absolute Gasteiger partial charge is 0.424 e. The van der Waals surface area contributed by atoms with E-state index in [2.05, 4.69) is 4.98 Å². The Bertz CT molecular complexity index is 1370. The van der Waals surface area contributed by atoms with Crippen LogP contribution in [0.15, 0.2) is 48.5 Å². The van der Waals surface area contributed by atoms with Gasteiger partial charge < -0.3 is 25.6 Å². The molecule has 2 aromatic carbocycles. The summed E-state index contributed by atoms with van der Waals surface area (Å²) in [5, 5.41) is 12.3. The minimum Gasteiger partial charge on any atom is -0.494 e. The van der Waals surface area contributed by atoms with Gasteiger partial charge in [-0.2, -0.15) is 13.2 Å². The zero-order chi connectivity index (χ0) is 28.3. The average Bonchev–Trinajstić information content (AvgIpc) is 2.86. The fourth-order valence-corrected chi connectivity index (χ4v) is 3.43. The van der Waals surface area contributed by atoms with Gasteiger partial charge in [0.1, 0.15) is 17.3 Å². The van der Waals surface area contributed by atoms with Crippen molar-refractivity contribution in [1.82, 2.24) is 10.3 Å². The first-order chi connectivity index (χ1) is 17.8. The SMILES string of the molecule is COc1ccc(C(O)(CNC(=O)c2ccc(OCC(N)=O)c(F)c2)C(F)(F)F)nc1-c1ccc(F)c(Cl)c1. The number of aromatic nitrogens is 1. The van der Waals surface area contributed by atoms with E-state index < -0.39 is 65.4 Å². The number of amides is 2. The number of methoxy groups -OCH3 is 1. The summed E-state index contributed by atoms with van der Waals surface area (Å²) in [6.45, 7) is -2.04. The molecule has 0 radical (unpaired) electrons. The molecule has 14 heteroatoms. The summed E-state index contributed by atoms with van der Waals surface area (Å²) in [5.74, 6) is -4.31. The molecule has 0 bridgehead atoms. The van der Waals surface area contributed by atoms with Crippen LogP contribution >= 0.6 is 11.6 Å². The van der Waals surface area contributed by atoms with Gasteiger partial charge in [0, 0.05) is 11.1 Å². The summed E-state index contributed by atoms with van der Waals surface area (Å²) >= 11 is 5.78. The zero-order valence-corrected chi connectivity index (χ0v) is 20.2. The number of nitrogens with one attached hydrogen (secondary N) is 1. The largest absolute Gasteiger partial charge is 0.494 e. The molecule has 0 saturated heterocycles. The van der Waals surface area contributed by atoms with E-state index in [1.807, 2.05) is 5.32 Å². The maximum Gasteiger partial charge on any atom is 0.424 e. The van der Waals surface area contributed by atoms with Crippen molar-refractivity contribution in [2.45, 2.75) is 11.8 Å². The van der Waals surface area contributed by atoms with Gasteiger partial charge in [-0.05, 0) is 48.5 Å². The van der Waals surface area contributed by atoms with Crippen LogP contribution in [0, 0.1) is 11.6 Å². The van der Waals surface area contributed by atoms with E-state index in [1.54, 1.807) is 0 Å². The molecule has 0 fully saturated rings. The molecule has 38 heavy (non-hydrogen) atoms. The normalized spacial score (nSPS) is 12.9. The maximum absolute atomic E-state index is 14.2. The van der Waals surface area contributed by atoms with Gasteiger partial charge >= 0.3 is 6.18 Å². The van der Waals surface area contributed by atoms with Crippen molar-refractivity contribution in [3.8, 4) is 22.8 Å². The van der Waals surface area contributed by atoms with Crippen molar-refractivity contribution in [2.75, 3.05) is 20.3 Å². The van der Waals surface area contributed by atoms with Crippen molar-refractivity contribution in [1.29, 1.82) is 0 Å². The summed E-state index contributed by atoms with van der Waals surface area (Å²) < 4.78 is 80.0. The zero-order valence-electron chi connectivity index (χ0n) is 19.4. The minimum absolute atomic E-state index is 0.000829. The number of rotatable bonds is 9. The van der Waals surface area contributed by atoms with Crippen molar-refractivity contribution < 1.29 is 46.1 Å². The predicted molar refractivity (Wildman–Crippen MR) is 125 cm³/mol. The number of carbonyl (C=O) groups excluding carboxylic acids is 2. The quantitative estimate of drug-likeness (QED) is 0.343. The number of hydrogen-bond donors (Lipinski definition) is 3. The van der Waals surface area contributed by atoms with Crippen LogP contribution in [0.25, 0.3) is 11.3 Å². The average molecular weight is 560 g/mol. The van der Waals surface area contributed by atoms with Crippen molar-refractivity contribution >= 4 is 23.4 Å². The van der Waals surface area contributed by atoms with E-state index >= 15 is 0 Å². The third-order valence-electron chi connectivity index (χ3n) is 5.23. The highest BCUT2D eigenvalue weighted by molar-refractivity contribution is 6.31. The molecule has 0 spiro atoms. The number of alkyl halides is 3. The number of benzene rings is 2. The molecule has 202 valence electrons. The lowest BCUT2D eigenvalue weighted by Gasteiger charge is -2.30. The first-order valence-corrected chi connectivity index (χ1v) is 10.9. The summed E-state index contributed by atoms with van der Waals surface area (Å²) in [4.78, 5) is 27.1. The monoisotopic (exact) mass is 559 g/mol. The third kappa shape index (κ3) is 6.11. The number of ether oxygens (including phenoxy) is 2. The third-order valence-corrected chi connectivity index (χ3v) is 5.52. The summed E-state index contributed by atoms with van der Waals surface area (Å²) in [5.41, 5.74) is -0.199. The summed E-state index contributed by atoms with van der Waals surface area (Å²) in [6, 6.07) is 7.93. The maximum atomic E-state index is 14.2. The molecular weight excluding hydrogens is 541 g/mol. The number of halogens is 6. The molecule has 8 nitrogen and oxygen atoms in total. The highest BCUT2D eigenvalue weighted by atomic mass is 35.5. The topological polar surface area (TPSA) is 124 Å². The van der Waals surface area contributed by atoms with Crippen LogP contribution in [0.1, 0.15) is 16.1 Å². The van der Waals surface area contributed by atoms with Crippen LogP contribution in [-0.4, -0.2) is 48.3 Å². The Hall–Kier alpha value is -3.97. The number of carbonyl (C=O) groups is 2. The number of pyridine rings is 1. The molecule has 2 amide bonds. The van der Waals surface area contributed by atoms with E-state index in [0.717, 1.165) is 36.4 Å². The number of aliphatic hydroxyl groups is 1. The Morgan fingerprint density at radius 1 is 1.05 bits per heavy atom. The van der Waals surface area contributed by atoms with Gasteiger partial charge in [-0.3, -0.25) is 9.59 Å². The van der Waals surface area contributed by atoms with Crippen molar-refractivity contribution in [3.05, 3.63) is 76.4 Å². The summed E-state index contributed by atoms with van der Waals surface area (Å²) in [6.07, 6.45) is -5.34. The van der Waals surface area contributed by atoms with Gasteiger partial charge in [0.25, 0.3) is 11.8 Å². The first kappa shape index (κ1) is 28.6. The Balaban J connectivity index is 1.92. The Morgan fingerprint density at radius 3 is 2.32 bits per heavy atom. The molecule has 0 aliphatic rings. The Morgan fingerprint density at radius 2 is 1.74 bits per heavy atom. The minimum atomic E-state index is -5.34. The number of primary amides is 1.